The van der Waals surface area contributed by atoms with E-state index in [1.807, 2.05) is 0 Å². The first kappa shape index (κ1) is 16.4. The van der Waals surface area contributed by atoms with Gasteiger partial charge in [-0.15, -0.1) is 0 Å². The molecule has 0 saturated heterocycles. The van der Waals surface area contributed by atoms with Crippen LogP contribution in [0.3, 0.4) is 0 Å². The highest BCUT2D eigenvalue weighted by Gasteiger charge is 2.17. The van der Waals surface area contributed by atoms with Gasteiger partial charge < -0.3 is 5.32 Å². The summed E-state index contributed by atoms with van der Waals surface area (Å²) in [7, 11) is 0. The number of amides is 1. The fourth-order valence-corrected chi connectivity index (χ4v) is 2.25. The van der Waals surface area contributed by atoms with Crippen LogP contribution in [0.25, 0.3) is 0 Å². The van der Waals surface area contributed by atoms with Crippen LogP contribution in [-0.4, -0.2) is 16.6 Å². The Balaban J connectivity index is 2.22. The van der Waals surface area contributed by atoms with Crippen molar-refractivity contribution in [3.63, 3.8) is 0 Å². The van der Waals surface area contributed by atoms with Gasteiger partial charge in [-0.2, -0.15) is 0 Å². The number of Topliss-reactive ketones (excluding diaryl/α,β-unsaturated/α-hetero) is 1. The van der Waals surface area contributed by atoms with E-state index in [9.17, 15) is 19.7 Å². The van der Waals surface area contributed by atoms with Crippen LogP contribution in [0.4, 0.5) is 5.69 Å². The third-order valence-corrected chi connectivity index (χ3v) is 3.48. The Hall–Kier alpha value is -3.02. The summed E-state index contributed by atoms with van der Waals surface area (Å²) in [6, 6.07) is 12.2. The third-order valence-electron chi connectivity index (χ3n) is 3.48. The second-order valence-corrected chi connectivity index (χ2v) is 5.15. The highest BCUT2D eigenvalue weighted by Crippen LogP contribution is 2.20. The minimum atomic E-state index is -0.483. The number of ketones is 1. The molecule has 2 aromatic carbocycles. The molecule has 0 bridgehead atoms. The van der Waals surface area contributed by atoms with Gasteiger partial charge in [0.2, 0.25) is 0 Å². The first-order chi connectivity index (χ1) is 10.9. The van der Waals surface area contributed by atoms with Crippen molar-refractivity contribution in [3.8, 4) is 0 Å². The van der Waals surface area contributed by atoms with E-state index in [0.29, 0.717) is 11.1 Å². The number of benzene rings is 2. The van der Waals surface area contributed by atoms with E-state index in [1.165, 1.54) is 19.1 Å². The maximum absolute atomic E-state index is 12.4. The molecule has 0 saturated carbocycles. The van der Waals surface area contributed by atoms with Crippen molar-refractivity contribution in [1.82, 2.24) is 5.32 Å². The van der Waals surface area contributed by atoms with E-state index in [0.717, 1.165) is 0 Å². The van der Waals surface area contributed by atoms with Crippen LogP contribution in [0.5, 0.6) is 0 Å². The maximum atomic E-state index is 12.4. The second-order valence-electron chi connectivity index (χ2n) is 5.15. The fourth-order valence-electron chi connectivity index (χ4n) is 2.25. The van der Waals surface area contributed by atoms with Crippen LogP contribution in [0.15, 0.2) is 48.5 Å². The molecule has 0 spiro atoms. The number of nitrogens with one attached hydrogen (secondary N) is 1. The maximum Gasteiger partial charge on any atom is 0.269 e. The monoisotopic (exact) mass is 312 g/mol. The number of carbonyl (C=O) groups is 2. The van der Waals surface area contributed by atoms with Crippen molar-refractivity contribution in [2.75, 3.05) is 0 Å². The molecule has 1 unspecified atom stereocenters. The van der Waals surface area contributed by atoms with Crippen LogP contribution in [-0.2, 0) is 0 Å². The van der Waals surface area contributed by atoms with Gasteiger partial charge in [-0.05, 0) is 25.5 Å². The summed E-state index contributed by atoms with van der Waals surface area (Å²) in [6.07, 6.45) is 0. The molecule has 0 fully saturated rings. The minimum absolute atomic E-state index is 0.0345. The number of nitrogens with zero attached hydrogens (tertiary/aromatic N) is 1. The van der Waals surface area contributed by atoms with Gasteiger partial charge >= 0.3 is 0 Å². The Morgan fingerprint density at radius 2 is 1.74 bits per heavy atom. The molecule has 6 heteroatoms. The van der Waals surface area contributed by atoms with Crippen molar-refractivity contribution in [2.24, 2.45) is 0 Å². The zero-order chi connectivity index (χ0) is 17.0. The molecule has 0 aliphatic heterocycles. The summed E-state index contributed by atoms with van der Waals surface area (Å²) in [5.74, 6) is -0.589. The van der Waals surface area contributed by atoms with E-state index in [-0.39, 0.29) is 17.0 Å². The molecule has 2 rings (SSSR count). The lowest BCUT2D eigenvalue weighted by Gasteiger charge is -2.15. The van der Waals surface area contributed by atoms with E-state index >= 15 is 0 Å². The van der Waals surface area contributed by atoms with Crippen LogP contribution < -0.4 is 5.32 Å². The predicted molar refractivity (Wildman–Crippen MR) is 85.4 cm³/mol. The van der Waals surface area contributed by atoms with Crippen LogP contribution >= 0.6 is 0 Å². The lowest BCUT2D eigenvalue weighted by molar-refractivity contribution is -0.384. The number of carbonyl (C=O) groups excluding carboxylic acids is 2. The third kappa shape index (κ3) is 3.79. The number of hydrogen-bond donors (Lipinski definition) is 1. The van der Waals surface area contributed by atoms with Gasteiger partial charge in [-0.25, -0.2) is 0 Å². The van der Waals surface area contributed by atoms with Gasteiger partial charge in [-0.3, -0.25) is 19.7 Å². The molecule has 0 radical (unpaired) electrons. The molecule has 1 N–H and O–H groups in total. The Morgan fingerprint density at radius 3 is 2.35 bits per heavy atom. The summed E-state index contributed by atoms with van der Waals surface area (Å²) in [5, 5.41) is 13.6. The van der Waals surface area contributed by atoms with Crippen molar-refractivity contribution in [3.05, 3.63) is 75.3 Å². The molecule has 6 nitrogen and oxygen atoms in total. The van der Waals surface area contributed by atoms with Gasteiger partial charge in [0.15, 0.2) is 5.78 Å². The van der Waals surface area contributed by atoms with Crippen molar-refractivity contribution in [2.45, 2.75) is 19.9 Å². The number of rotatable bonds is 5. The number of non-ortho nitro benzene ring substituents is 1. The van der Waals surface area contributed by atoms with Crippen molar-refractivity contribution < 1.29 is 14.5 Å². The topological polar surface area (TPSA) is 89.3 Å². The second kappa shape index (κ2) is 6.83. The van der Waals surface area contributed by atoms with Gasteiger partial charge in [0.05, 0.1) is 16.5 Å². The molecule has 0 aromatic heterocycles. The zero-order valence-corrected chi connectivity index (χ0v) is 12.8. The largest absolute Gasteiger partial charge is 0.345 e. The summed E-state index contributed by atoms with van der Waals surface area (Å²) in [6.45, 7) is 3.13. The molecular formula is C17H16N2O4. The molecule has 0 heterocycles. The molecular weight excluding hydrogens is 296 g/mol. The van der Waals surface area contributed by atoms with Crippen molar-refractivity contribution >= 4 is 17.4 Å². The SMILES string of the molecule is CC(=O)c1ccccc1C(=O)NC(C)c1cccc([N+](=O)[O-])c1. The first-order valence-electron chi connectivity index (χ1n) is 7.05. The summed E-state index contributed by atoms with van der Waals surface area (Å²) < 4.78 is 0. The van der Waals surface area contributed by atoms with Gasteiger partial charge in [0.25, 0.3) is 11.6 Å². The Labute approximate surface area is 133 Å². The number of hydrogen-bond acceptors (Lipinski definition) is 4. The molecule has 1 amide bonds. The summed E-state index contributed by atoms with van der Waals surface area (Å²) >= 11 is 0. The van der Waals surface area contributed by atoms with E-state index in [2.05, 4.69) is 5.32 Å². The minimum Gasteiger partial charge on any atom is -0.345 e. The molecule has 2 aromatic rings. The Morgan fingerprint density at radius 1 is 1.09 bits per heavy atom. The molecule has 1 atom stereocenters. The normalized spacial score (nSPS) is 11.6. The van der Waals surface area contributed by atoms with Crippen LogP contribution in [0, 0.1) is 10.1 Å². The van der Waals surface area contributed by atoms with E-state index in [4.69, 9.17) is 0 Å². The lowest BCUT2D eigenvalue weighted by Crippen LogP contribution is -2.28. The molecule has 0 aliphatic rings. The quantitative estimate of drug-likeness (QED) is 0.521. The average molecular weight is 312 g/mol. The van der Waals surface area contributed by atoms with Crippen LogP contribution in [0.2, 0.25) is 0 Å². The molecule has 0 aliphatic carbocycles. The van der Waals surface area contributed by atoms with Gasteiger partial charge in [0.1, 0.15) is 0 Å². The highest BCUT2D eigenvalue weighted by molar-refractivity contribution is 6.07. The zero-order valence-electron chi connectivity index (χ0n) is 12.8. The average Bonchev–Trinajstić information content (AvgIpc) is 2.54. The Kier molecular flexibility index (Phi) is 4.85. The molecule has 118 valence electrons. The smallest absolute Gasteiger partial charge is 0.269 e. The predicted octanol–water partition coefficient (Wildman–Crippen LogP) is 3.29. The van der Waals surface area contributed by atoms with Crippen molar-refractivity contribution in [1.29, 1.82) is 0 Å². The van der Waals surface area contributed by atoms with E-state index < -0.39 is 16.9 Å². The standard InChI is InChI=1S/C17H16N2O4/c1-11(13-6-5-7-14(10-13)19(22)23)18-17(21)16-9-4-3-8-15(16)12(2)20/h3-11H,1-2H3,(H,18,21). The summed E-state index contributed by atoms with van der Waals surface area (Å²) in [4.78, 5) is 34.3. The Bertz CT molecular complexity index is 771. The van der Waals surface area contributed by atoms with Gasteiger partial charge in [-0.1, -0.05) is 30.3 Å². The lowest BCUT2D eigenvalue weighted by atomic mass is 10.0. The fraction of sp³-hybridized carbons (Fsp3) is 0.176. The van der Waals surface area contributed by atoms with E-state index in [1.54, 1.807) is 43.3 Å². The first-order valence-corrected chi connectivity index (χ1v) is 7.05. The number of nitro groups is 1. The highest BCUT2D eigenvalue weighted by atomic mass is 16.6. The number of nitro benzene ring substituents is 1. The van der Waals surface area contributed by atoms with Crippen LogP contribution in [0.1, 0.15) is 46.2 Å². The molecule has 23 heavy (non-hydrogen) atoms. The summed E-state index contributed by atoms with van der Waals surface area (Å²) in [5.41, 5.74) is 1.22. The van der Waals surface area contributed by atoms with Gasteiger partial charge in [0, 0.05) is 17.7 Å².